The Labute approximate surface area is 119 Å². The standard InChI is InChI=1S/C14H22N2O4/c1-11(2)4-6-20-7-5-15-12-8-13(16(17)18)10-14(9-12)19-3/h8-11,15H,4-7H2,1-3H3. The molecule has 0 bridgehead atoms. The van der Waals surface area contributed by atoms with Gasteiger partial charge in [-0.25, -0.2) is 0 Å². The Balaban J connectivity index is 2.43. The van der Waals surface area contributed by atoms with Crippen LogP contribution in [0.2, 0.25) is 0 Å². The first kappa shape index (κ1) is 16.2. The van der Waals surface area contributed by atoms with Gasteiger partial charge in [-0.3, -0.25) is 10.1 Å². The highest BCUT2D eigenvalue weighted by Gasteiger charge is 2.09. The maximum absolute atomic E-state index is 10.8. The second kappa shape index (κ2) is 8.37. The molecule has 0 aromatic heterocycles. The van der Waals surface area contributed by atoms with Gasteiger partial charge in [-0.1, -0.05) is 13.8 Å². The molecule has 0 heterocycles. The van der Waals surface area contributed by atoms with Crippen LogP contribution in [0, 0.1) is 16.0 Å². The van der Waals surface area contributed by atoms with Crippen molar-refractivity contribution >= 4 is 11.4 Å². The summed E-state index contributed by atoms with van der Waals surface area (Å²) in [6.07, 6.45) is 1.03. The average molecular weight is 282 g/mol. The normalized spacial score (nSPS) is 10.6. The summed E-state index contributed by atoms with van der Waals surface area (Å²) in [7, 11) is 1.48. The lowest BCUT2D eigenvalue weighted by molar-refractivity contribution is -0.384. The molecule has 6 nitrogen and oxygen atoms in total. The number of ether oxygens (including phenoxy) is 2. The summed E-state index contributed by atoms with van der Waals surface area (Å²) in [4.78, 5) is 10.4. The highest BCUT2D eigenvalue weighted by Crippen LogP contribution is 2.25. The molecule has 0 saturated heterocycles. The zero-order valence-corrected chi connectivity index (χ0v) is 12.2. The summed E-state index contributed by atoms with van der Waals surface area (Å²) < 4.78 is 10.5. The van der Waals surface area contributed by atoms with Crippen molar-refractivity contribution in [2.75, 3.05) is 32.2 Å². The van der Waals surface area contributed by atoms with E-state index >= 15 is 0 Å². The Bertz CT molecular complexity index is 435. The van der Waals surface area contributed by atoms with Gasteiger partial charge < -0.3 is 14.8 Å². The summed E-state index contributed by atoms with van der Waals surface area (Å²) in [6, 6.07) is 4.60. The van der Waals surface area contributed by atoms with Crippen LogP contribution in [0.15, 0.2) is 18.2 Å². The first-order chi connectivity index (χ1) is 9.52. The van der Waals surface area contributed by atoms with Crippen LogP contribution in [-0.4, -0.2) is 31.8 Å². The van der Waals surface area contributed by atoms with Crippen molar-refractivity contribution < 1.29 is 14.4 Å². The second-order valence-corrected chi connectivity index (χ2v) is 4.90. The van der Waals surface area contributed by atoms with Crippen LogP contribution in [0.25, 0.3) is 0 Å². The highest BCUT2D eigenvalue weighted by molar-refractivity contribution is 5.56. The lowest BCUT2D eigenvalue weighted by atomic mass is 10.1. The Kier molecular flexibility index (Phi) is 6.79. The summed E-state index contributed by atoms with van der Waals surface area (Å²) in [6.45, 7) is 6.20. The van der Waals surface area contributed by atoms with Gasteiger partial charge in [-0.05, 0) is 12.3 Å². The SMILES string of the molecule is COc1cc(NCCOCCC(C)C)cc([N+](=O)[O-])c1. The van der Waals surface area contributed by atoms with E-state index < -0.39 is 4.92 Å². The monoisotopic (exact) mass is 282 g/mol. The Hall–Kier alpha value is -1.82. The Morgan fingerprint density at radius 2 is 2.05 bits per heavy atom. The van der Waals surface area contributed by atoms with Gasteiger partial charge in [0.2, 0.25) is 0 Å². The number of benzene rings is 1. The molecule has 1 N–H and O–H groups in total. The number of nitrogens with zero attached hydrogens (tertiary/aromatic N) is 1. The molecule has 0 radical (unpaired) electrons. The smallest absolute Gasteiger partial charge is 0.275 e. The van der Waals surface area contributed by atoms with Crippen LogP contribution in [0.1, 0.15) is 20.3 Å². The minimum atomic E-state index is -0.438. The number of nitro benzene ring substituents is 1. The van der Waals surface area contributed by atoms with Crippen molar-refractivity contribution in [1.82, 2.24) is 0 Å². The van der Waals surface area contributed by atoms with Gasteiger partial charge in [0.25, 0.3) is 5.69 Å². The van der Waals surface area contributed by atoms with Crippen LogP contribution in [0.4, 0.5) is 11.4 Å². The number of nitrogens with one attached hydrogen (secondary N) is 1. The van der Waals surface area contributed by atoms with Crippen molar-refractivity contribution in [1.29, 1.82) is 0 Å². The molecule has 1 aromatic rings. The Morgan fingerprint density at radius 1 is 1.30 bits per heavy atom. The molecular formula is C14H22N2O4. The van der Waals surface area contributed by atoms with E-state index in [0.717, 1.165) is 13.0 Å². The maximum atomic E-state index is 10.8. The molecular weight excluding hydrogens is 260 g/mol. The molecule has 0 spiro atoms. The van der Waals surface area contributed by atoms with E-state index in [-0.39, 0.29) is 5.69 Å². The predicted molar refractivity (Wildman–Crippen MR) is 78.4 cm³/mol. The number of anilines is 1. The summed E-state index contributed by atoms with van der Waals surface area (Å²) >= 11 is 0. The molecule has 20 heavy (non-hydrogen) atoms. The first-order valence-electron chi connectivity index (χ1n) is 6.68. The lowest BCUT2D eigenvalue weighted by Crippen LogP contribution is -2.11. The fourth-order valence-corrected chi connectivity index (χ4v) is 1.60. The largest absolute Gasteiger partial charge is 0.496 e. The maximum Gasteiger partial charge on any atom is 0.275 e. The lowest BCUT2D eigenvalue weighted by Gasteiger charge is -2.09. The average Bonchev–Trinajstić information content (AvgIpc) is 2.41. The van der Waals surface area contributed by atoms with Crippen molar-refractivity contribution in [3.05, 3.63) is 28.3 Å². The molecule has 0 unspecified atom stereocenters. The first-order valence-corrected chi connectivity index (χ1v) is 6.68. The molecule has 1 aromatic carbocycles. The molecule has 0 amide bonds. The molecule has 0 atom stereocenters. The zero-order valence-electron chi connectivity index (χ0n) is 12.2. The summed E-state index contributed by atoms with van der Waals surface area (Å²) in [5, 5.41) is 13.9. The summed E-state index contributed by atoms with van der Waals surface area (Å²) in [5.41, 5.74) is 0.663. The third-order valence-electron chi connectivity index (χ3n) is 2.75. The number of hydrogen-bond donors (Lipinski definition) is 1. The molecule has 0 aliphatic rings. The van der Waals surface area contributed by atoms with Crippen LogP contribution in [-0.2, 0) is 4.74 Å². The zero-order chi connectivity index (χ0) is 15.0. The fourth-order valence-electron chi connectivity index (χ4n) is 1.60. The topological polar surface area (TPSA) is 73.6 Å². The van der Waals surface area contributed by atoms with E-state index in [9.17, 15) is 10.1 Å². The van der Waals surface area contributed by atoms with E-state index in [1.54, 1.807) is 6.07 Å². The van der Waals surface area contributed by atoms with Crippen LogP contribution >= 0.6 is 0 Å². The second-order valence-electron chi connectivity index (χ2n) is 4.90. The van der Waals surface area contributed by atoms with Gasteiger partial charge in [0.05, 0.1) is 24.7 Å². The van der Waals surface area contributed by atoms with Crippen molar-refractivity contribution in [2.45, 2.75) is 20.3 Å². The Morgan fingerprint density at radius 3 is 2.65 bits per heavy atom. The number of hydrogen-bond acceptors (Lipinski definition) is 5. The third-order valence-corrected chi connectivity index (χ3v) is 2.75. The minimum absolute atomic E-state index is 0.00701. The van der Waals surface area contributed by atoms with Gasteiger partial charge in [-0.15, -0.1) is 0 Å². The van der Waals surface area contributed by atoms with Crippen molar-refractivity contribution in [3.63, 3.8) is 0 Å². The number of nitro groups is 1. The van der Waals surface area contributed by atoms with Crippen molar-refractivity contribution in [3.8, 4) is 5.75 Å². The van der Waals surface area contributed by atoms with E-state index in [0.29, 0.717) is 30.5 Å². The third kappa shape index (κ3) is 5.88. The van der Waals surface area contributed by atoms with Gasteiger partial charge in [0, 0.05) is 31.0 Å². The van der Waals surface area contributed by atoms with E-state index in [1.807, 2.05) is 0 Å². The van der Waals surface area contributed by atoms with Gasteiger partial charge in [0.1, 0.15) is 5.75 Å². The number of non-ortho nitro benzene ring substituents is 1. The van der Waals surface area contributed by atoms with Crippen LogP contribution < -0.4 is 10.1 Å². The van der Waals surface area contributed by atoms with Crippen molar-refractivity contribution in [2.24, 2.45) is 5.92 Å². The number of methoxy groups -OCH3 is 1. The molecule has 6 heteroatoms. The molecule has 0 fully saturated rings. The van der Waals surface area contributed by atoms with Gasteiger partial charge >= 0.3 is 0 Å². The van der Waals surface area contributed by atoms with E-state index in [4.69, 9.17) is 9.47 Å². The molecule has 112 valence electrons. The van der Waals surface area contributed by atoms with Gasteiger partial charge in [-0.2, -0.15) is 0 Å². The minimum Gasteiger partial charge on any atom is -0.496 e. The van der Waals surface area contributed by atoms with Gasteiger partial charge in [0.15, 0.2) is 0 Å². The van der Waals surface area contributed by atoms with E-state index in [1.165, 1.54) is 19.2 Å². The molecule has 0 aliphatic carbocycles. The molecule has 0 aliphatic heterocycles. The predicted octanol–water partition coefficient (Wildman–Crippen LogP) is 3.08. The fraction of sp³-hybridized carbons (Fsp3) is 0.571. The van der Waals surface area contributed by atoms with Crippen LogP contribution in [0.3, 0.4) is 0 Å². The van der Waals surface area contributed by atoms with E-state index in [2.05, 4.69) is 19.2 Å². The molecule has 1 rings (SSSR count). The number of rotatable bonds is 9. The van der Waals surface area contributed by atoms with Crippen LogP contribution in [0.5, 0.6) is 5.75 Å². The summed E-state index contributed by atoms with van der Waals surface area (Å²) in [5.74, 6) is 1.09. The molecule has 0 saturated carbocycles. The highest BCUT2D eigenvalue weighted by atomic mass is 16.6. The quantitative estimate of drug-likeness (QED) is 0.428.